The molecule has 1 amide bonds. The van der Waals surface area contributed by atoms with Gasteiger partial charge in [0.05, 0.1) is 11.6 Å². The van der Waals surface area contributed by atoms with Crippen molar-refractivity contribution in [1.82, 2.24) is 0 Å². The van der Waals surface area contributed by atoms with Crippen LogP contribution >= 0.6 is 23.2 Å². The second-order valence-corrected chi connectivity index (χ2v) is 8.73. The van der Waals surface area contributed by atoms with Gasteiger partial charge in [-0.2, -0.15) is 0 Å². The van der Waals surface area contributed by atoms with Crippen molar-refractivity contribution in [2.24, 2.45) is 0 Å². The first kappa shape index (κ1) is 21.3. The van der Waals surface area contributed by atoms with Crippen molar-refractivity contribution in [1.29, 1.82) is 0 Å². The molecule has 3 aromatic carbocycles. The number of para-hydroxylation sites is 1. The summed E-state index contributed by atoms with van der Waals surface area (Å²) in [7, 11) is 0. The van der Waals surface area contributed by atoms with Crippen LogP contribution in [0.1, 0.15) is 27.7 Å². The number of aryl methyl sites for hydroxylation is 1. The molecule has 0 bridgehead atoms. The van der Waals surface area contributed by atoms with Gasteiger partial charge in [-0.3, -0.25) is 14.5 Å². The van der Waals surface area contributed by atoms with E-state index in [0.29, 0.717) is 26.9 Å². The highest BCUT2D eigenvalue weighted by molar-refractivity contribution is 6.35. The number of aliphatic hydroxyl groups excluding tert-OH is 1. The summed E-state index contributed by atoms with van der Waals surface area (Å²) in [4.78, 5) is 28.2. The van der Waals surface area contributed by atoms with Gasteiger partial charge in [-0.25, -0.2) is 0 Å². The number of furan rings is 1. The van der Waals surface area contributed by atoms with Crippen LogP contribution < -0.4 is 4.90 Å². The van der Waals surface area contributed by atoms with E-state index >= 15 is 0 Å². The van der Waals surface area contributed by atoms with Gasteiger partial charge in [-0.15, -0.1) is 0 Å². The van der Waals surface area contributed by atoms with Crippen LogP contribution in [0.2, 0.25) is 10.0 Å². The van der Waals surface area contributed by atoms with Gasteiger partial charge in [0.25, 0.3) is 5.91 Å². The first-order valence-electron chi connectivity index (χ1n) is 10.2. The van der Waals surface area contributed by atoms with Gasteiger partial charge in [-0.1, -0.05) is 71.2 Å². The van der Waals surface area contributed by atoms with Crippen molar-refractivity contribution in [3.8, 4) is 0 Å². The normalized spacial score (nSPS) is 16.2. The Hall–Kier alpha value is -3.54. The number of benzene rings is 3. The van der Waals surface area contributed by atoms with Crippen LogP contribution in [0.15, 0.2) is 88.5 Å². The summed E-state index contributed by atoms with van der Waals surface area (Å²) in [5.74, 6) is -1.89. The average molecular weight is 478 g/mol. The summed E-state index contributed by atoms with van der Waals surface area (Å²) < 4.78 is 5.75. The van der Waals surface area contributed by atoms with Crippen molar-refractivity contribution in [2.75, 3.05) is 4.90 Å². The lowest BCUT2D eigenvalue weighted by molar-refractivity contribution is -0.117. The molecule has 164 valence electrons. The van der Waals surface area contributed by atoms with Crippen molar-refractivity contribution in [3.63, 3.8) is 0 Å². The maximum absolute atomic E-state index is 13.6. The monoisotopic (exact) mass is 477 g/mol. The minimum atomic E-state index is -0.896. The zero-order valence-corrected chi connectivity index (χ0v) is 18.9. The second-order valence-electron chi connectivity index (χ2n) is 7.86. The van der Waals surface area contributed by atoms with Gasteiger partial charge < -0.3 is 9.52 Å². The highest BCUT2D eigenvalue weighted by Gasteiger charge is 2.45. The number of halogens is 2. The summed E-state index contributed by atoms with van der Waals surface area (Å²) in [5.41, 5.74) is 2.42. The van der Waals surface area contributed by atoms with Gasteiger partial charge in [0.1, 0.15) is 5.58 Å². The van der Waals surface area contributed by atoms with Gasteiger partial charge in [0, 0.05) is 21.1 Å². The Bertz CT molecular complexity index is 1420. The highest BCUT2D eigenvalue weighted by Crippen LogP contribution is 2.43. The number of amides is 1. The maximum Gasteiger partial charge on any atom is 0.294 e. The first-order chi connectivity index (χ1) is 15.8. The number of rotatable bonds is 4. The first-order valence-corrected chi connectivity index (χ1v) is 10.9. The van der Waals surface area contributed by atoms with Crippen LogP contribution in [0.3, 0.4) is 0 Å². The smallest absolute Gasteiger partial charge is 0.294 e. The van der Waals surface area contributed by atoms with E-state index in [1.54, 1.807) is 42.5 Å². The number of Topliss-reactive ketones (excluding diaryl/α,β-unsaturated/α-hetero) is 1. The molecule has 0 radical (unpaired) electrons. The van der Waals surface area contributed by atoms with E-state index in [1.807, 2.05) is 37.3 Å². The third-order valence-electron chi connectivity index (χ3n) is 5.59. The highest BCUT2D eigenvalue weighted by atomic mass is 35.5. The standard InChI is InChI=1S/C26H17Cl2NO4/c1-14-5-4-7-16(9-14)23-22(24(30)21-10-15-6-2-3-8-20(15)33-21)25(31)26(32)29(23)19-12-17(27)11-18(28)13-19/h2-13,23,31H,1H3. The number of ketones is 1. The number of carbonyl (C=O) groups excluding carboxylic acids is 2. The predicted molar refractivity (Wildman–Crippen MR) is 128 cm³/mol. The van der Waals surface area contributed by atoms with E-state index in [9.17, 15) is 14.7 Å². The molecular weight excluding hydrogens is 461 g/mol. The molecule has 1 aromatic heterocycles. The van der Waals surface area contributed by atoms with E-state index < -0.39 is 23.5 Å². The number of anilines is 1. The minimum absolute atomic E-state index is 0.0363. The Morgan fingerprint density at radius 1 is 0.970 bits per heavy atom. The van der Waals surface area contributed by atoms with E-state index in [0.717, 1.165) is 10.9 Å². The minimum Gasteiger partial charge on any atom is -0.503 e. The molecular formula is C26H17Cl2NO4. The molecule has 1 aliphatic heterocycles. The molecule has 0 aliphatic carbocycles. The molecule has 2 heterocycles. The Morgan fingerprint density at radius 3 is 2.39 bits per heavy atom. The van der Waals surface area contributed by atoms with Crippen LogP contribution in [0.4, 0.5) is 5.69 Å². The van der Waals surface area contributed by atoms with Crippen molar-refractivity contribution in [2.45, 2.75) is 13.0 Å². The predicted octanol–water partition coefficient (Wildman–Crippen LogP) is 6.83. The number of carbonyl (C=O) groups is 2. The van der Waals surface area contributed by atoms with Crippen LogP contribution in [0.25, 0.3) is 11.0 Å². The van der Waals surface area contributed by atoms with Crippen LogP contribution in [-0.4, -0.2) is 16.8 Å². The fourth-order valence-electron chi connectivity index (χ4n) is 4.16. The number of hydrogen-bond donors (Lipinski definition) is 1. The molecule has 5 nitrogen and oxygen atoms in total. The lowest BCUT2D eigenvalue weighted by atomic mass is 9.94. The molecule has 0 spiro atoms. The lowest BCUT2D eigenvalue weighted by Crippen LogP contribution is -2.31. The Kier molecular flexibility index (Phi) is 5.23. The summed E-state index contributed by atoms with van der Waals surface area (Å²) in [6.07, 6.45) is 0. The summed E-state index contributed by atoms with van der Waals surface area (Å²) in [6, 6.07) is 20.0. The van der Waals surface area contributed by atoms with E-state index in [1.165, 1.54) is 4.90 Å². The molecule has 0 fully saturated rings. The Morgan fingerprint density at radius 2 is 1.70 bits per heavy atom. The SMILES string of the molecule is Cc1cccc(C2C(C(=O)c3cc4ccccc4o3)=C(O)C(=O)N2c2cc(Cl)cc(Cl)c2)c1. The number of hydrogen-bond acceptors (Lipinski definition) is 4. The topological polar surface area (TPSA) is 70.7 Å². The molecule has 1 atom stereocenters. The molecule has 0 saturated heterocycles. The maximum atomic E-state index is 13.6. The third kappa shape index (κ3) is 3.69. The zero-order chi connectivity index (χ0) is 23.3. The lowest BCUT2D eigenvalue weighted by Gasteiger charge is -2.27. The Balaban J connectivity index is 1.69. The van der Waals surface area contributed by atoms with Crippen molar-refractivity contribution < 1.29 is 19.1 Å². The number of aliphatic hydroxyl groups is 1. The second kappa shape index (κ2) is 8.10. The fraction of sp³-hybridized carbons (Fsp3) is 0.0769. The van der Waals surface area contributed by atoms with Crippen molar-refractivity contribution >= 4 is 51.5 Å². The number of fused-ring (bicyclic) bond motifs is 1. The van der Waals surface area contributed by atoms with Gasteiger partial charge >= 0.3 is 0 Å². The van der Waals surface area contributed by atoms with E-state index in [4.69, 9.17) is 27.6 Å². The molecule has 0 saturated carbocycles. The Labute approximate surface area is 199 Å². The largest absolute Gasteiger partial charge is 0.503 e. The molecule has 1 N–H and O–H groups in total. The molecule has 33 heavy (non-hydrogen) atoms. The van der Waals surface area contributed by atoms with Gasteiger partial charge in [-0.05, 0) is 42.8 Å². The van der Waals surface area contributed by atoms with Crippen LogP contribution in [0, 0.1) is 6.92 Å². The zero-order valence-electron chi connectivity index (χ0n) is 17.4. The molecule has 4 aromatic rings. The van der Waals surface area contributed by atoms with Crippen molar-refractivity contribution in [3.05, 3.63) is 111 Å². The summed E-state index contributed by atoms with van der Waals surface area (Å²) in [5, 5.41) is 12.3. The number of nitrogens with zero attached hydrogens (tertiary/aromatic N) is 1. The van der Waals surface area contributed by atoms with Gasteiger partial charge in [0.15, 0.2) is 11.5 Å². The fourth-order valence-corrected chi connectivity index (χ4v) is 4.68. The molecule has 1 aliphatic rings. The van der Waals surface area contributed by atoms with Gasteiger partial charge in [0.2, 0.25) is 5.78 Å². The quantitative estimate of drug-likeness (QED) is 0.327. The molecule has 5 rings (SSSR count). The van der Waals surface area contributed by atoms with Crippen LogP contribution in [0.5, 0.6) is 0 Å². The average Bonchev–Trinajstić information content (AvgIpc) is 3.32. The molecule has 7 heteroatoms. The third-order valence-corrected chi connectivity index (χ3v) is 6.02. The van der Waals surface area contributed by atoms with E-state index in [-0.39, 0.29) is 11.3 Å². The molecule has 1 unspecified atom stereocenters. The van der Waals surface area contributed by atoms with E-state index in [2.05, 4.69) is 0 Å². The summed E-state index contributed by atoms with van der Waals surface area (Å²) >= 11 is 12.4. The summed E-state index contributed by atoms with van der Waals surface area (Å²) in [6.45, 7) is 1.91. The van der Waals surface area contributed by atoms with Crippen LogP contribution in [-0.2, 0) is 4.79 Å².